The maximum absolute atomic E-state index is 2.61. The number of para-hydroxylation sites is 3. The highest BCUT2D eigenvalue weighted by Gasteiger charge is 2.53. The van der Waals surface area contributed by atoms with E-state index in [4.69, 9.17) is 0 Å². The van der Waals surface area contributed by atoms with E-state index in [9.17, 15) is 0 Å². The van der Waals surface area contributed by atoms with Crippen LogP contribution in [0.1, 0.15) is 74.9 Å². The summed E-state index contributed by atoms with van der Waals surface area (Å²) in [6, 6.07) is 91.0. The molecule has 1 aliphatic heterocycles. The Kier molecular flexibility index (Phi) is 12.6. The number of nitrogens with zero attached hydrogens (tertiary/aromatic N) is 3. The molecule has 1 aliphatic carbocycles. The molecule has 13 rings (SSSR count). The lowest BCUT2D eigenvalue weighted by Gasteiger charge is -2.45. The summed E-state index contributed by atoms with van der Waals surface area (Å²) in [6.07, 6.45) is 0. The number of fused-ring (bicyclic) bond motifs is 13. The predicted octanol–water partition coefficient (Wildman–Crippen LogP) is 19.9. The Hall–Kier alpha value is -8.23. The molecule has 0 unspecified atom stereocenters. The lowest BCUT2D eigenvalue weighted by molar-refractivity contribution is 0.590. The van der Waals surface area contributed by atoms with Gasteiger partial charge in [0.1, 0.15) is 0 Å². The second-order valence-electron chi connectivity index (χ2n) is 26.0. The lowest BCUT2D eigenvalue weighted by Crippen LogP contribution is -2.37. The van der Waals surface area contributed by atoms with Crippen LogP contribution in [0.2, 0.25) is 32.7 Å². The van der Waals surface area contributed by atoms with Gasteiger partial charge in [-0.15, -0.1) is 0 Å². The van der Waals surface area contributed by atoms with E-state index in [1.165, 1.54) is 87.8 Å². The van der Waals surface area contributed by atoms with Gasteiger partial charge in [0.25, 0.3) is 0 Å². The van der Waals surface area contributed by atoms with Crippen molar-refractivity contribution in [1.29, 1.82) is 0 Å². The van der Waals surface area contributed by atoms with E-state index in [0.717, 1.165) is 39.8 Å². The van der Waals surface area contributed by atoms with Crippen LogP contribution in [0.5, 0.6) is 0 Å². The van der Waals surface area contributed by atoms with Crippen LogP contribution in [0, 0.1) is 0 Å². The molecule has 1 heterocycles. The van der Waals surface area contributed by atoms with Crippen molar-refractivity contribution in [2.24, 2.45) is 0 Å². The Labute approximate surface area is 483 Å². The highest BCUT2D eigenvalue weighted by atomic mass is 28.3. The molecule has 0 bridgehead atoms. The average Bonchev–Trinajstić information content (AvgIpc) is 3.43. The van der Waals surface area contributed by atoms with Gasteiger partial charge in [-0.3, -0.25) is 0 Å². The standard InChI is InChI=1S/C76H73N3Si2/c1-74(2,3)51-33-37-54(38-34-51)77(56-41-45-58(46-42-56)80(7)8)70-49-66-72(62-27-17-15-25-60(62)70)73-63-28-18-16-26-61(63)71(78(55-39-35-52(36-40-55)75(4,5)6)57-43-47-59(48-44-57)81(9,10)11)50-67(73)76(66)64-29-19-21-31-68(64)79(53-23-13-12-14-24-53)69-32-22-20-30-65(69)76/h12-50,80H,1-11H3. The van der Waals surface area contributed by atoms with Crippen molar-refractivity contribution in [3.8, 4) is 11.1 Å². The van der Waals surface area contributed by atoms with Gasteiger partial charge in [0.2, 0.25) is 0 Å². The number of anilines is 9. The first-order valence-corrected chi connectivity index (χ1v) is 35.5. The molecule has 1 spiro atoms. The summed E-state index contributed by atoms with van der Waals surface area (Å²) in [6.45, 7) is 26.0. The first kappa shape index (κ1) is 52.2. The molecule has 5 heteroatoms. The van der Waals surface area contributed by atoms with Crippen LogP contribution >= 0.6 is 0 Å². The Morgan fingerprint density at radius 3 is 1.14 bits per heavy atom. The zero-order valence-electron chi connectivity index (χ0n) is 48.9. The van der Waals surface area contributed by atoms with Gasteiger partial charge < -0.3 is 14.7 Å². The summed E-state index contributed by atoms with van der Waals surface area (Å²) in [5.74, 6) is 0. The third-order valence-electron chi connectivity index (χ3n) is 17.5. The van der Waals surface area contributed by atoms with Crippen molar-refractivity contribution in [3.63, 3.8) is 0 Å². The van der Waals surface area contributed by atoms with Gasteiger partial charge in [-0.2, -0.15) is 0 Å². The smallest absolute Gasteiger partial charge is 0.0775 e. The SMILES string of the molecule is C[SiH](C)c1ccc(N(c2ccc(C(C)(C)C)cc2)c2cc3c(c4ccccc24)-c2c(cc(N(c4ccc(C(C)(C)C)cc4)c4ccc([Si](C)(C)C)cc4)c4ccccc24)C32c3ccccc3N(c3ccccc3)c3ccccc32)cc1. The molecule has 0 saturated heterocycles. The van der Waals surface area contributed by atoms with Gasteiger partial charge >= 0.3 is 0 Å². The first-order chi connectivity index (χ1) is 38.9. The average molecular weight is 1080 g/mol. The molecule has 0 aromatic heterocycles. The first-order valence-electron chi connectivity index (χ1n) is 29.1. The molecule has 81 heavy (non-hydrogen) atoms. The van der Waals surface area contributed by atoms with Gasteiger partial charge in [-0.25, -0.2) is 0 Å². The topological polar surface area (TPSA) is 9.72 Å². The van der Waals surface area contributed by atoms with Gasteiger partial charge in [-0.05, 0) is 151 Å². The second-order valence-corrected chi connectivity index (χ2v) is 34.0. The molecule has 2 aliphatic rings. The minimum absolute atomic E-state index is 0.00232. The van der Waals surface area contributed by atoms with Crippen LogP contribution in [0.3, 0.4) is 0 Å². The number of rotatable bonds is 9. The Balaban J connectivity index is 1.19. The lowest BCUT2D eigenvalue weighted by atomic mass is 9.64. The largest absolute Gasteiger partial charge is 0.310 e. The quantitative estimate of drug-likeness (QED) is 0.133. The number of hydrogen-bond acceptors (Lipinski definition) is 3. The molecule has 400 valence electrons. The van der Waals surface area contributed by atoms with E-state index in [0.29, 0.717) is 0 Å². The van der Waals surface area contributed by atoms with Gasteiger partial charge in [0.05, 0.1) is 45.0 Å². The van der Waals surface area contributed by atoms with Gasteiger partial charge in [0, 0.05) is 39.2 Å². The van der Waals surface area contributed by atoms with Gasteiger partial charge in [0.15, 0.2) is 0 Å². The molecular formula is C76H73N3Si2. The molecule has 0 radical (unpaired) electrons. The molecule has 11 aromatic carbocycles. The Morgan fingerprint density at radius 2 is 0.741 bits per heavy atom. The molecule has 0 fully saturated rings. The molecule has 0 atom stereocenters. The molecule has 11 aromatic rings. The van der Waals surface area contributed by atoms with Crippen LogP contribution in [0.4, 0.5) is 51.2 Å². The summed E-state index contributed by atoms with van der Waals surface area (Å²) < 4.78 is 0. The van der Waals surface area contributed by atoms with Crippen molar-refractivity contribution >= 4 is 100.0 Å². The van der Waals surface area contributed by atoms with Gasteiger partial charge in [-0.1, -0.05) is 236 Å². The van der Waals surface area contributed by atoms with Crippen molar-refractivity contribution in [2.75, 3.05) is 14.7 Å². The molecule has 0 N–H and O–H groups in total. The number of benzene rings is 11. The fourth-order valence-electron chi connectivity index (χ4n) is 13.2. The summed E-state index contributed by atoms with van der Waals surface area (Å²) in [7, 11) is -2.69. The molecule has 0 saturated carbocycles. The fourth-order valence-corrected chi connectivity index (χ4v) is 15.4. The van der Waals surface area contributed by atoms with E-state index in [-0.39, 0.29) is 10.8 Å². The summed E-state index contributed by atoms with van der Waals surface area (Å²) in [4.78, 5) is 7.60. The van der Waals surface area contributed by atoms with Crippen molar-refractivity contribution in [2.45, 2.75) is 90.5 Å². The summed E-state index contributed by atoms with van der Waals surface area (Å²) in [5, 5.41) is 7.79. The maximum atomic E-state index is 2.61. The highest BCUT2D eigenvalue weighted by molar-refractivity contribution is 6.88. The maximum Gasteiger partial charge on any atom is 0.0775 e. The van der Waals surface area contributed by atoms with Crippen molar-refractivity contribution in [3.05, 3.63) is 270 Å². The Bertz CT molecular complexity index is 4070. The molecule has 0 amide bonds. The van der Waals surface area contributed by atoms with Crippen LogP contribution in [0.25, 0.3) is 32.7 Å². The van der Waals surface area contributed by atoms with Crippen LogP contribution in [0.15, 0.2) is 237 Å². The zero-order chi connectivity index (χ0) is 56.2. The zero-order valence-corrected chi connectivity index (χ0v) is 51.1. The summed E-state index contributed by atoms with van der Waals surface area (Å²) in [5.41, 5.74) is 19.8. The normalized spacial score (nSPS) is 13.6. The van der Waals surface area contributed by atoms with E-state index >= 15 is 0 Å². The van der Waals surface area contributed by atoms with Crippen LogP contribution in [-0.4, -0.2) is 16.9 Å². The van der Waals surface area contributed by atoms with Crippen LogP contribution < -0.4 is 25.1 Å². The van der Waals surface area contributed by atoms with E-state index in [2.05, 4.69) is 326 Å². The Morgan fingerprint density at radius 1 is 0.383 bits per heavy atom. The van der Waals surface area contributed by atoms with E-state index in [1.807, 2.05) is 0 Å². The fraction of sp³-hybridized carbons (Fsp3) is 0.184. The summed E-state index contributed by atoms with van der Waals surface area (Å²) >= 11 is 0. The minimum Gasteiger partial charge on any atom is -0.310 e. The number of hydrogen-bond donors (Lipinski definition) is 0. The van der Waals surface area contributed by atoms with E-state index < -0.39 is 22.3 Å². The molecule has 3 nitrogen and oxygen atoms in total. The monoisotopic (exact) mass is 1080 g/mol. The third-order valence-corrected chi connectivity index (χ3v) is 21.3. The van der Waals surface area contributed by atoms with Crippen molar-refractivity contribution in [1.82, 2.24) is 0 Å². The highest BCUT2D eigenvalue weighted by Crippen LogP contribution is 2.67. The van der Waals surface area contributed by atoms with E-state index in [1.54, 1.807) is 0 Å². The second kappa shape index (κ2) is 19.5. The predicted molar refractivity (Wildman–Crippen MR) is 355 cm³/mol. The van der Waals surface area contributed by atoms with Crippen molar-refractivity contribution < 1.29 is 0 Å². The minimum atomic E-state index is -1.62. The molecular weight excluding hydrogens is 1010 g/mol. The third kappa shape index (κ3) is 8.58. The van der Waals surface area contributed by atoms with Crippen LogP contribution in [-0.2, 0) is 16.2 Å².